The van der Waals surface area contributed by atoms with Gasteiger partial charge in [0, 0.05) is 6.04 Å². The molecule has 0 bridgehead atoms. The van der Waals surface area contributed by atoms with Gasteiger partial charge < -0.3 is 5.32 Å². The molecule has 0 rings (SSSR count). The highest BCUT2D eigenvalue weighted by Crippen LogP contribution is 2.03. The molecule has 0 aliphatic rings. The lowest BCUT2D eigenvalue weighted by Crippen LogP contribution is -2.25. The maximum Gasteiger partial charge on any atom is 0.0271 e. The first-order valence-electron chi connectivity index (χ1n) is 3.55. The summed E-state index contributed by atoms with van der Waals surface area (Å²) in [5.74, 6) is 0. The predicted octanol–water partition coefficient (Wildman–Crippen LogP) is 1.95. The first-order chi connectivity index (χ1) is 4.22. The lowest BCUT2D eigenvalue weighted by molar-refractivity contribution is 0.580. The molecular formula is C8H17N. The highest BCUT2D eigenvalue weighted by atomic mass is 14.9. The van der Waals surface area contributed by atoms with Crippen molar-refractivity contribution in [1.29, 1.82) is 0 Å². The molecule has 0 aliphatic heterocycles. The molecule has 1 N–H and O–H groups in total. The summed E-state index contributed by atoms with van der Waals surface area (Å²) >= 11 is 0. The minimum Gasteiger partial charge on any atom is -0.313 e. The van der Waals surface area contributed by atoms with Crippen LogP contribution in [0.1, 0.15) is 26.7 Å². The highest BCUT2D eigenvalue weighted by Gasteiger charge is 2.02. The van der Waals surface area contributed by atoms with Crippen molar-refractivity contribution in [2.24, 2.45) is 0 Å². The number of likely N-dealkylation sites (N-methyl/N-ethyl adjacent to an activating group) is 1. The zero-order valence-corrected chi connectivity index (χ0v) is 6.70. The van der Waals surface area contributed by atoms with Crippen molar-refractivity contribution in [1.82, 2.24) is 5.32 Å². The summed E-state index contributed by atoms with van der Waals surface area (Å²) in [6.45, 7) is 8.14. The summed E-state index contributed by atoms with van der Waals surface area (Å²) in [5.41, 5.74) is 1.24. The second-order valence-corrected chi connectivity index (χ2v) is 2.48. The van der Waals surface area contributed by atoms with Crippen LogP contribution in [0, 0.1) is 0 Å². The largest absolute Gasteiger partial charge is 0.313 e. The molecule has 0 saturated carbocycles. The van der Waals surface area contributed by atoms with E-state index >= 15 is 0 Å². The molecule has 0 radical (unpaired) electrons. The third-order valence-corrected chi connectivity index (χ3v) is 1.52. The normalized spacial score (nSPS) is 13.2. The predicted molar refractivity (Wildman–Crippen MR) is 42.6 cm³/mol. The summed E-state index contributed by atoms with van der Waals surface area (Å²) < 4.78 is 0. The molecule has 0 aromatic rings. The van der Waals surface area contributed by atoms with Gasteiger partial charge in [-0.15, -0.1) is 0 Å². The van der Waals surface area contributed by atoms with Crippen LogP contribution < -0.4 is 5.32 Å². The van der Waals surface area contributed by atoms with E-state index in [0.29, 0.717) is 6.04 Å². The first-order valence-corrected chi connectivity index (χ1v) is 3.55. The van der Waals surface area contributed by atoms with Gasteiger partial charge in [-0.1, -0.05) is 25.5 Å². The fraction of sp³-hybridized carbons (Fsp3) is 0.750. The van der Waals surface area contributed by atoms with E-state index in [9.17, 15) is 0 Å². The minimum atomic E-state index is 0.523. The summed E-state index contributed by atoms with van der Waals surface area (Å²) in [5, 5.41) is 3.20. The van der Waals surface area contributed by atoms with Crippen molar-refractivity contribution in [3.63, 3.8) is 0 Å². The summed E-state index contributed by atoms with van der Waals surface area (Å²) in [4.78, 5) is 0. The quantitative estimate of drug-likeness (QED) is 0.569. The zero-order valence-electron chi connectivity index (χ0n) is 6.70. The van der Waals surface area contributed by atoms with Crippen molar-refractivity contribution in [2.45, 2.75) is 32.7 Å². The van der Waals surface area contributed by atoms with Crippen LogP contribution in [0.3, 0.4) is 0 Å². The van der Waals surface area contributed by atoms with Gasteiger partial charge in [0.05, 0.1) is 0 Å². The van der Waals surface area contributed by atoms with Gasteiger partial charge in [-0.05, 0) is 20.4 Å². The number of hydrogen-bond donors (Lipinski definition) is 1. The molecule has 54 valence electrons. The van der Waals surface area contributed by atoms with Gasteiger partial charge in [0.15, 0.2) is 0 Å². The Morgan fingerprint density at radius 1 is 1.67 bits per heavy atom. The van der Waals surface area contributed by atoms with Crippen LogP contribution in [0.5, 0.6) is 0 Å². The lowest BCUT2D eigenvalue weighted by atomic mass is 10.1. The van der Waals surface area contributed by atoms with E-state index in [2.05, 4.69) is 25.7 Å². The Balaban J connectivity index is 3.54. The van der Waals surface area contributed by atoms with Crippen LogP contribution >= 0.6 is 0 Å². The van der Waals surface area contributed by atoms with E-state index in [1.54, 1.807) is 0 Å². The second-order valence-electron chi connectivity index (χ2n) is 2.48. The standard InChI is InChI=1S/C8H17N/c1-5-6-8(9-4)7(2)3/h8-9H,2,5-6H2,1,3-4H3. The van der Waals surface area contributed by atoms with E-state index in [1.807, 2.05) is 7.05 Å². The fourth-order valence-electron chi connectivity index (χ4n) is 0.926. The molecule has 0 aromatic carbocycles. The van der Waals surface area contributed by atoms with E-state index < -0.39 is 0 Å². The topological polar surface area (TPSA) is 12.0 Å². The van der Waals surface area contributed by atoms with Crippen LogP contribution in [0.2, 0.25) is 0 Å². The Hall–Kier alpha value is -0.300. The van der Waals surface area contributed by atoms with Crippen molar-refractivity contribution >= 4 is 0 Å². The number of rotatable bonds is 4. The van der Waals surface area contributed by atoms with Crippen molar-refractivity contribution < 1.29 is 0 Å². The monoisotopic (exact) mass is 127 g/mol. The molecule has 0 fully saturated rings. The van der Waals surface area contributed by atoms with Gasteiger partial charge in [0.25, 0.3) is 0 Å². The maximum absolute atomic E-state index is 3.88. The molecule has 0 saturated heterocycles. The van der Waals surface area contributed by atoms with Crippen LogP contribution in [0.25, 0.3) is 0 Å². The average molecular weight is 127 g/mol. The molecule has 1 heteroatoms. The Kier molecular flexibility index (Phi) is 4.41. The van der Waals surface area contributed by atoms with Gasteiger partial charge in [0.2, 0.25) is 0 Å². The van der Waals surface area contributed by atoms with Crippen molar-refractivity contribution in [2.75, 3.05) is 7.05 Å². The first kappa shape index (κ1) is 8.70. The SMILES string of the molecule is C=C(C)C(CCC)NC. The Morgan fingerprint density at radius 3 is 2.33 bits per heavy atom. The molecule has 0 amide bonds. The van der Waals surface area contributed by atoms with Crippen LogP contribution in [-0.2, 0) is 0 Å². The third-order valence-electron chi connectivity index (χ3n) is 1.52. The molecule has 1 nitrogen and oxygen atoms in total. The van der Waals surface area contributed by atoms with Crippen molar-refractivity contribution in [3.8, 4) is 0 Å². The minimum absolute atomic E-state index is 0.523. The lowest BCUT2D eigenvalue weighted by Gasteiger charge is -2.13. The zero-order chi connectivity index (χ0) is 7.28. The molecule has 1 atom stereocenters. The second kappa shape index (κ2) is 4.57. The van der Waals surface area contributed by atoms with Gasteiger partial charge in [-0.2, -0.15) is 0 Å². The average Bonchev–Trinajstić information content (AvgIpc) is 1.82. The van der Waals surface area contributed by atoms with Gasteiger partial charge in [-0.25, -0.2) is 0 Å². The van der Waals surface area contributed by atoms with Crippen molar-refractivity contribution in [3.05, 3.63) is 12.2 Å². The third kappa shape index (κ3) is 3.31. The Labute approximate surface area is 58.2 Å². The molecule has 9 heavy (non-hydrogen) atoms. The summed E-state index contributed by atoms with van der Waals surface area (Å²) in [6, 6.07) is 0.523. The summed E-state index contributed by atoms with van der Waals surface area (Å²) in [7, 11) is 1.98. The number of hydrogen-bond acceptors (Lipinski definition) is 1. The van der Waals surface area contributed by atoms with Gasteiger partial charge >= 0.3 is 0 Å². The van der Waals surface area contributed by atoms with Gasteiger partial charge in [0.1, 0.15) is 0 Å². The van der Waals surface area contributed by atoms with E-state index in [1.165, 1.54) is 18.4 Å². The van der Waals surface area contributed by atoms with E-state index in [0.717, 1.165) is 0 Å². The molecule has 0 aliphatic carbocycles. The highest BCUT2D eigenvalue weighted by molar-refractivity contribution is 5.00. The molecule has 0 spiro atoms. The molecule has 0 heterocycles. The smallest absolute Gasteiger partial charge is 0.0271 e. The fourth-order valence-corrected chi connectivity index (χ4v) is 0.926. The van der Waals surface area contributed by atoms with Crippen LogP contribution in [0.4, 0.5) is 0 Å². The molecule has 0 aromatic heterocycles. The molecule has 1 unspecified atom stereocenters. The number of nitrogens with one attached hydrogen (secondary N) is 1. The summed E-state index contributed by atoms with van der Waals surface area (Å²) in [6.07, 6.45) is 2.42. The Bertz CT molecular complexity index is 86.6. The van der Waals surface area contributed by atoms with E-state index in [4.69, 9.17) is 0 Å². The maximum atomic E-state index is 3.88. The van der Waals surface area contributed by atoms with E-state index in [-0.39, 0.29) is 0 Å². The Morgan fingerprint density at radius 2 is 2.22 bits per heavy atom. The van der Waals surface area contributed by atoms with Crippen LogP contribution in [0.15, 0.2) is 12.2 Å². The van der Waals surface area contributed by atoms with Gasteiger partial charge in [-0.3, -0.25) is 0 Å². The van der Waals surface area contributed by atoms with Crippen LogP contribution in [-0.4, -0.2) is 13.1 Å². The molecular weight excluding hydrogens is 110 g/mol.